The predicted octanol–water partition coefficient (Wildman–Crippen LogP) is 3.76. The Kier molecular flexibility index (Phi) is 9.22. The van der Waals surface area contributed by atoms with Crippen LogP contribution in [-0.2, 0) is 20.8 Å². The molecule has 7 heteroatoms. The van der Waals surface area contributed by atoms with Crippen LogP contribution >= 0.6 is 11.3 Å². The van der Waals surface area contributed by atoms with Crippen molar-refractivity contribution in [2.45, 2.75) is 54.0 Å². The minimum Gasteiger partial charge on any atom is -0.461 e. The lowest BCUT2D eigenvalue weighted by molar-refractivity contribution is -0.133. The van der Waals surface area contributed by atoms with Crippen molar-refractivity contribution in [1.82, 2.24) is 9.88 Å². The smallest absolute Gasteiger partial charge is 0.357 e. The Morgan fingerprint density at radius 3 is 2.62 bits per heavy atom. The maximum Gasteiger partial charge on any atom is 0.357 e. The van der Waals surface area contributed by atoms with Crippen LogP contribution in [-0.4, -0.2) is 48.6 Å². The zero-order chi connectivity index (χ0) is 19.7. The molecule has 0 bridgehead atoms. The lowest BCUT2D eigenvalue weighted by atomic mass is 9.84. The third-order valence-corrected chi connectivity index (χ3v) is 4.60. The molecule has 1 atom stereocenters. The highest BCUT2D eigenvalue weighted by atomic mass is 32.1. The lowest BCUT2D eigenvalue weighted by Gasteiger charge is -2.26. The van der Waals surface area contributed by atoms with Gasteiger partial charge in [0.05, 0.1) is 19.8 Å². The summed E-state index contributed by atoms with van der Waals surface area (Å²) in [5, 5.41) is 2.40. The molecule has 1 amide bonds. The van der Waals surface area contributed by atoms with Gasteiger partial charge >= 0.3 is 5.97 Å². The van der Waals surface area contributed by atoms with Gasteiger partial charge in [0.15, 0.2) is 5.69 Å². The van der Waals surface area contributed by atoms with E-state index in [4.69, 9.17) is 9.47 Å². The molecule has 0 fully saturated rings. The van der Waals surface area contributed by atoms with Crippen molar-refractivity contribution in [3.8, 4) is 0 Å². The average Bonchev–Trinajstić information content (AvgIpc) is 2.98. The molecule has 0 radical (unpaired) electrons. The molecule has 0 aliphatic rings. The molecule has 0 aliphatic carbocycles. The highest BCUT2D eigenvalue weighted by Gasteiger charge is 2.22. The van der Waals surface area contributed by atoms with Crippen LogP contribution in [0.2, 0.25) is 0 Å². The molecule has 0 saturated carbocycles. The number of hydrogen-bond donors (Lipinski definition) is 0. The minimum absolute atomic E-state index is 0.0895. The van der Waals surface area contributed by atoms with Crippen LogP contribution in [0.5, 0.6) is 0 Å². The van der Waals surface area contributed by atoms with Crippen molar-refractivity contribution in [2.24, 2.45) is 11.3 Å². The van der Waals surface area contributed by atoms with Crippen molar-refractivity contribution in [3.05, 3.63) is 16.1 Å². The molecule has 0 aliphatic heterocycles. The number of esters is 1. The lowest BCUT2D eigenvalue weighted by Crippen LogP contribution is -2.34. The van der Waals surface area contributed by atoms with Crippen LogP contribution in [0.1, 0.15) is 63.0 Å². The van der Waals surface area contributed by atoms with Crippen molar-refractivity contribution >= 4 is 23.2 Å². The van der Waals surface area contributed by atoms with E-state index >= 15 is 0 Å². The highest BCUT2D eigenvalue weighted by Crippen LogP contribution is 2.26. The fourth-order valence-corrected chi connectivity index (χ4v) is 3.66. The maximum absolute atomic E-state index is 12.7. The van der Waals surface area contributed by atoms with Crippen molar-refractivity contribution in [3.63, 3.8) is 0 Å². The van der Waals surface area contributed by atoms with Crippen molar-refractivity contribution < 1.29 is 19.1 Å². The van der Waals surface area contributed by atoms with Crippen LogP contribution in [0.3, 0.4) is 0 Å². The highest BCUT2D eigenvalue weighted by molar-refractivity contribution is 7.09. The molecule has 148 valence electrons. The summed E-state index contributed by atoms with van der Waals surface area (Å²) in [5.74, 6) is -0.0332. The molecule has 0 aromatic carbocycles. The van der Waals surface area contributed by atoms with Gasteiger partial charge in [0.25, 0.3) is 0 Å². The number of carbonyl (C=O) groups is 2. The zero-order valence-corrected chi connectivity index (χ0v) is 17.6. The third-order valence-electron chi connectivity index (χ3n) is 3.76. The summed E-state index contributed by atoms with van der Waals surface area (Å²) in [6, 6.07) is 0. The number of amides is 1. The van der Waals surface area contributed by atoms with Gasteiger partial charge in [-0.05, 0) is 24.7 Å². The number of nitrogens with zero attached hydrogens (tertiary/aromatic N) is 2. The van der Waals surface area contributed by atoms with E-state index in [0.717, 1.165) is 11.4 Å². The summed E-state index contributed by atoms with van der Waals surface area (Å²) in [7, 11) is 1.62. The molecule has 6 nitrogen and oxygen atoms in total. The first-order chi connectivity index (χ1) is 12.2. The van der Waals surface area contributed by atoms with Gasteiger partial charge in [-0.2, -0.15) is 0 Å². The van der Waals surface area contributed by atoms with Crippen LogP contribution in [0.25, 0.3) is 0 Å². The van der Waals surface area contributed by atoms with Crippen LogP contribution in [0.15, 0.2) is 5.38 Å². The normalized spacial score (nSPS) is 12.7. The van der Waals surface area contributed by atoms with Crippen molar-refractivity contribution in [1.29, 1.82) is 0 Å². The SMILES string of the molecule is CCOC(=O)c1csc(CN(CCOC)C(=O)CC(C)CC(C)(C)C)n1. The number of thiazole rings is 1. The second-order valence-electron chi connectivity index (χ2n) is 7.73. The number of hydrogen-bond acceptors (Lipinski definition) is 6. The molecule has 1 aromatic rings. The molecule has 1 rings (SSSR count). The Hall–Kier alpha value is -1.47. The second kappa shape index (κ2) is 10.6. The third kappa shape index (κ3) is 8.27. The standard InChI is InChI=1S/C19H32N2O4S/c1-7-25-18(23)15-13-26-16(20-15)12-21(8-9-24-6)17(22)10-14(2)11-19(3,4)5/h13-14H,7-12H2,1-6H3. The zero-order valence-electron chi connectivity index (χ0n) is 16.8. The van der Waals surface area contributed by atoms with E-state index in [1.54, 1.807) is 24.3 Å². The van der Waals surface area contributed by atoms with E-state index < -0.39 is 5.97 Å². The van der Waals surface area contributed by atoms with Gasteiger partial charge in [-0.3, -0.25) is 4.79 Å². The number of carbonyl (C=O) groups excluding carboxylic acids is 2. The summed E-state index contributed by atoms with van der Waals surface area (Å²) in [6.07, 6.45) is 1.48. The fraction of sp³-hybridized carbons (Fsp3) is 0.737. The van der Waals surface area contributed by atoms with E-state index in [-0.39, 0.29) is 11.3 Å². The topological polar surface area (TPSA) is 68.7 Å². The molecule has 1 aromatic heterocycles. The molecule has 1 unspecified atom stereocenters. The number of ether oxygens (including phenoxy) is 2. The quantitative estimate of drug-likeness (QED) is 0.575. The summed E-state index contributed by atoms with van der Waals surface area (Å²) >= 11 is 1.37. The molecule has 0 spiro atoms. The monoisotopic (exact) mass is 384 g/mol. The molecular weight excluding hydrogens is 352 g/mol. The fourth-order valence-electron chi connectivity index (χ4n) is 2.88. The van der Waals surface area contributed by atoms with Gasteiger partial charge in [-0.15, -0.1) is 11.3 Å². The second-order valence-corrected chi connectivity index (χ2v) is 8.67. The Morgan fingerprint density at radius 1 is 1.35 bits per heavy atom. The first kappa shape index (κ1) is 22.6. The molecule has 1 heterocycles. The Bertz CT molecular complexity index is 580. The first-order valence-corrected chi connectivity index (χ1v) is 9.92. The molecular formula is C19H32N2O4S. The number of aromatic nitrogens is 1. The van der Waals surface area contributed by atoms with Crippen LogP contribution in [0.4, 0.5) is 0 Å². The van der Waals surface area contributed by atoms with Gasteiger partial charge in [0, 0.05) is 25.5 Å². The van der Waals surface area contributed by atoms with E-state index in [0.29, 0.717) is 44.3 Å². The predicted molar refractivity (Wildman–Crippen MR) is 103 cm³/mol. The van der Waals surface area contributed by atoms with Gasteiger partial charge in [-0.1, -0.05) is 27.7 Å². The largest absolute Gasteiger partial charge is 0.461 e. The molecule has 0 N–H and O–H groups in total. The minimum atomic E-state index is -0.427. The van der Waals surface area contributed by atoms with Crippen molar-refractivity contribution in [2.75, 3.05) is 26.9 Å². The Morgan fingerprint density at radius 2 is 2.04 bits per heavy atom. The van der Waals surface area contributed by atoms with Crippen LogP contribution < -0.4 is 0 Å². The number of methoxy groups -OCH3 is 1. The Balaban J connectivity index is 2.74. The maximum atomic E-state index is 12.7. The van der Waals surface area contributed by atoms with Gasteiger partial charge in [-0.25, -0.2) is 9.78 Å². The number of rotatable bonds is 10. The van der Waals surface area contributed by atoms with Crippen LogP contribution in [0, 0.1) is 11.3 Å². The summed E-state index contributed by atoms with van der Waals surface area (Å²) in [5.41, 5.74) is 0.494. The van der Waals surface area contributed by atoms with E-state index in [1.165, 1.54) is 11.3 Å². The first-order valence-electron chi connectivity index (χ1n) is 9.04. The van der Waals surface area contributed by atoms with Gasteiger partial charge in [0.2, 0.25) is 5.91 Å². The molecule has 0 saturated heterocycles. The molecule has 26 heavy (non-hydrogen) atoms. The summed E-state index contributed by atoms with van der Waals surface area (Å²) in [6.45, 7) is 12.1. The van der Waals surface area contributed by atoms with Gasteiger partial charge in [0.1, 0.15) is 5.01 Å². The Labute approximate surface area is 160 Å². The summed E-state index contributed by atoms with van der Waals surface area (Å²) in [4.78, 5) is 30.6. The summed E-state index contributed by atoms with van der Waals surface area (Å²) < 4.78 is 10.1. The van der Waals surface area contributed by atoms with E-state index in [9.17, 15) is 9.59 Å². The average molecular weight is 385 g/mol. The van der Waals surface area contributed by atoms with E-state index in [1.807, 2.05) is 0 Å². The van der Waals surface area contributed by atoms with Gasteiger partial charge < -0.3 is 14.4 Å². The van der Waals surface area contributed by atoms with E-state index in [2.05, 4.69) is 32.7 Å².